The number of nitrogens with one attached hydrogen (secondary N) is 1. The number of benzene rings is 1. The molecule has 0 radical (unpaired) electrons. The van der Waals surface area contributed by atoms with Gasteiger partial charge in [-0.2, -0.15) is 5.10 Å². The van der Waals surface area contributed by atoms with Crippen LogP contribution in [0.2, 0.25) is 0 Å². The van der Waals surface area contributed by atoms with Crippen molar-refractivity contribution < 1.29 is 14.6 Å². The lowest BCUT2D eigenvalue weighted by molar-refractivity contribution is -0.0334. The second-order valence-corrected chi connectivity index (χ2v) is 9.38. The molecule has 0 bridgehead atoms. The Hall–Kier alpha value is -3.40. The Kier molecular flexibility index (Phi) is 6.22. The van der Waals surface area contributed by atoms with Crippen molar-refractivity contribution in [3.05, 3.63) is 72.1 Å². The molecule has 4 aromatic rings. The van der Waals surface area contributed by atoms with Gasteiger partial charge in [-0.1, -0.05) is 0 Å². The molecule has 0 spiro atoms. The first kappa shape index (κ1) is 23.3. The summed E-state index contributed by atoms with van der Waals surface area (Å²) in [5.74, 6) is 0.130. The number of pyridine rings is 2. The van der Waals surface area contributed by atoms with Crippen LogP contribution in [-0.2, 0) is 12.2 Å². The van der Waals surface area contributed by atoms with Crippen LogP contribution in [0.3, 0.4) is 0 Å². The predicted molar refractivity (Wildman–Crippen MR) is 132 cm³/mol. The fourth-order valence-corrected chi connectivity index (χ4v) is 4.62. The summed E-state index contributed by atoms with van der Waals surface area (Å²) in [5, 5.41) is 28.6. The number of aliphatic hydroxyl groups is 2. The quantitative estimate of drug-likeness (QED) is 0.390. The molecule has 0 saturated carbocycles. The third-order valence-corrected chi connectivity index (χ3v) is 6.89. The largest absolute Gasteiger partial charge is 0.390 e. The molecule has 4 heterocycles. The fourth-order valence-electron chi connectivity index (χ4n) is 4.62. The lowest BCUT2D eigenvalue weighted by Gasteiger charge is -2.38. The van der Waals surface area contributed by atoms with E-state index in [0.29, 0.717) is 28.4 Å². The van der Waals surface area contributed by atoms with Crippen molar-refractivity contribution >= 4 is 22.4 Å². The van der Waals surface area contributed by atoms with Crippen LogP contribution < -0.4 is 5.32 Å². The number of rotatable bonds is 6. The highest BCUT2D eigenvalue weighted by molar-refractivity contribution is 5.81. The van der Waals surface area contributed by atoms with Crippen LogP contribution in [0.4, 0.5) is 15.9 Å². The molecular formula is C26H29FN6O2. The standard InChI is InChI=1S/C26H29FN6O2/c1-26(35,18-7-10-32(2)11-8-18)24-6-3-17-15-28-25(14-23(17)29-24)30-22-5-4-20(13-21(22)27)33-12-9-19(16-34)31-33/h3-6,9,12-15,18,34-35H,7-8,10-11,16H2,1-2H3,(H,28,30)/t26-/m1/s1. The monoisotopic (exact) mass is 476 g/mol. The highest BCUT2D eigenvalue weighted by Crippen LogP contribution is 2.36. The van der Waals surface area contributed by atoms with E-state index in [1.54, 1.807) is 36.7 Å². The van der Waals surface area contributed by atoms with Gasteiger partial charge in [0.2, 0.25) is 0 Å². The van der Waals surface area contributed by atoms with Gasteiger partial charge in [-0.15, -0.1) is 0 Å². The molecule has 182 valence electrons. The first-order chi connectivity index (χ1) is 16.8. The van der Waals surface area contributed by atoms with Crippen molar-refractivity contribution in [2.45, 2.75) is 32.0 Å². The summed E-state index contributed by atoms with van der Waals surface area (Å²) < 4.78 is 16.4. The molecule has 35 heavy (non-hydrogen) atoms. The highest BCUT2D eigenvalue weighted by Gasteiger charge is 2.36. The highest BCUT2D eigenvalue weighted by atomic mass is 19.1. The Labute approximate surface area is 203 Å². The third-order valence-electron chi connectivity index (χ3n) is 6.89. The number of hydrogen-bond donors (Lipinski definition) is 3. The first-order valence-electron chi connectivity index (χ1n) is 11.7. The number of anilines is 2. The van der Waals surface area contributed by atoms with E-state index in [9.17, 15) is 14.6 Å². The van der Waals surface area contributed by atoms with Crippen molar-refractivity contribution in [2.75, 3.05) is 25.5 Å². The van der Waals surface area contributed by atoms with Gasteiger partial charge in [0.05, 0.1) is 34.9 Å². The fraction of sp³-hybridized carbons (Fsp3) is 0.346. The summed E-state index contributed by atoms with van der Waals surface area (Å²) in [6.07, 6.45) is 5.19. The maximum atomic E-state index is 14.8. The van der Waals surface area contributed by atoms with Crippen LogP contribution in [0, 0.1) is 11.7 Å². The van der Waals surface area contributed by atoms with Crippen LogP contribution in [0.1, 0.15) is 31.2 Å². The normalized spacial score (nSPS) is 16.9. The van der Waals surface area contributed by atoms with Gasteiger partial charge in [0.15, 0.2) is 0 Å². The van der Waals surface area contributed by atoms with E-state index in [2.05, 4.69) is 27.3 Å². The van der Waals surface area contributed by atoms with Gasteiger partial charge in [-0.25, -0.2) is 19.0 Å². The summed E-state index contributed by atoms with van der Waals surface area (Å²) in [7, 11) is 2.10. The van der Waals surface area contributed by atoms with E-state index >= 15 is 0 Å². The van der Waals surface area contributed by atoms with Crippen LogP contribution in [-0.4, -0.2) is 55.0 Å². The number of piperidine rings is 1. The molecule has 0 unspecified atom stereocenters. The Balaban J connectivity index is 1.38. The number of likely N-dealkylation sites (tertiary alicyclic amines) is 1. The molecule has 3 aromatic heterocycles. The maximum Gasteiger partial charge on any atom is 0.148 e. The summed E-state index contributed by atoms with van der Waals surface area (Å²) in [6, 6.07) is 11.9. The zero-order valence-corrected chi connectivity index (χ0v) is 19.8. The van der Waals surface area contributed by atoms with E-state index < -0.39 is 11.4 Å². The maximum absolute atomic E-state index is 14.8. The molecule has 1 atom stereocenters. The molecule has 5 rings (SSSR count). The van der Waals surface area contributed by atoms with E-state index in [4.69, 9.17) is 4.98 Å². The van der Waals surface area contributed by atoms with Gasteiger partial charge in [0, 0.05) is 29.9 Å². The Morgan fingerprint density at radius 1 is 1.14 bits per heavy atom. The van der Waals surface area contributed by atoms with Gasteiger partial charge in [0.25, 0.3) is 0 Å². The second-order valence-electron chi connectivity index (χ2n) is 9.38. The number of fused-ring (bicyclic) bond motifs is 1. The van der Waals surface area contributed by atoms with Crippen molar-refractivity contribution in [1.82, 2.24) is 24.6 Å². The van der Waals surface area contributed by atoms with Gasteiger partial charge in [0.1, 0.15) is 17.2 Å². The average molecular weight is 477 g/mol. The van der Waals surface area contributed by atoms with E-state index in [0.717, 1.165) is 31.3 Å². The molecular weight excluding hydrogens is 447 g/mol. The molecule has 1 fully saturated rings. The van der Waals surface area contributed by atoms with Crippen molar-refractivity contribution in [3.63, 3.8) is 0 Å². The van der Waals surface area contributed by atoms with Crippen molar-refractivity contribution in [1.29, 1.82) is 0 Å². The lowest BCUT2D eigenvalue weighted by atomic mass is 9.79. The van der Waals surface area contributed by atoms with Crippen LogP contribution in [0.15, 0.2) is 54.9 Å². The van der Waals surface area contributed by atoms with Crippen LogP contribution in [0.25, 0.3) is 16.6 Å². The summed E-state index contributed by atoms with van der Waals surface area (Å²) in [6.45, 7) is 3.59. The molecule has 8 nitrogen and oxygen atoms in total. The Morgan fingerprint density at radius 3 is 2.66 bits per heavy atom. The molecule has 1 aliphatic rings. The zero-order chi connectivity index (χ0) is 24.6. The van der Waals surface area contributed by atoms with Crippen LogP contribution in [0.5, 0.6) is 0 Å². The van der Waals surface area contributed by atoms with E-state index in [-0.39, 0.29) is 18.2 Å². The third kappa shape index (κ3) is 4.75. The minimum absolute atomic E-state index is 0.138. The van der Waals surface area contributed by atoms with E-state index in [1.807, 2.05) is 19.1 Å². The second kappa shape index (κ2) is 9.33. The van der Waals surface area contributed by atoms with Gasteiger partial charge < -0.3 is 20.4 Å². The molecule has 1 saturated heterocycles. The predicted octanol–water partition coefficient (Wildman–Crippen LogP) is 3.74. The molecule has 0 amide bonds. The number of aliphatic hydroxyl groups excluding tert-OH is 1. The molecule has 3 N–H and O–H groups in total. The SMILES string of the molecule is CN1CCC([C@@](C)(O)c2ccc3cnc(Nc4ccc(-n5ccc(CO)n5)cc4F)cc3n2)CC1. The summed E-state index contributed by atoms with van der Waals surface area (Å²) in [5.41, 5.74) is 1.60. The number of hydrogen-bond acceptors (Lipinski definition) is 7. The molecule has 1 aromatic carbocycles. The summed E-state index contributed by atoms with van der Waals surface area (Å²) in [4.78, 5) is 11.4. The van der Waals surface area contributed by atoms with E-state index in [1.165, 1.54) is 10.7 Å². The molecule has 9 heteroatoms. The topological polar surface area (TPSA) is 99.3 Å². The van der Waals surface area contributed by atoms with Crippen LogP contribution >= 0.6 is 0 Å². The lowest BCUT2D eigenvalue weighted by Crippen LogP contribution is -2.41. The van der Waals surface area contributed by atoms with Gasteiger partial charge in [-0.05, 0) is 76.2 Å². The summed E-state index contributed by atoms with van der Waals surface area (Å²) >= 11 is 0. The number of nitrogens with zero attached hydrogens (tertiary/aromatic N) is 5. The molecule has 1 aliphatic heterocycles. The Bertz CT molecular complexity index is 1350. The number of aromatic nitrogens is 4. The minimum atomic E-state index is -1.03. The number of halogens is 1. The van der Waals surface area contributed by atoms with Crippen molar-refractivity contribution in [3.8, 4) is 5.69 Å². The average Bonchev–Trinajstić information content (AvgIpc) is 3.34. The van der Waals surface area contributed by atoms with Crippen molar-refractivity contribution in [2.24, 2.45) is 5.92 Å². The minimum Gasteiger partial charge on any atom is -0.390 e. The smallest absolute Gasteiger partial charge is 0.148 e. The van der Waals surface area contributed by atoms with Gasteiger partial charge >= 0.3 is 0 Å². The Morgan fingerprint density at radius 2 is 1.94 bits per heavy atom. The van der Waals surface area contributed by atoms with Gasteiger partial charge in [-0.3, -0.25) is 0 Å². The first-order valence-corrected chi connectivity index (χ1v) is 11.7. The molecule has 0 aliphatic carbocycles. The zero-order valence-electron chi connectivity index (χ0n) is 19.8.